The smallest absolute Gasteiger partial charge is 0.248 e. The van der Waals surface area contributed by atoms with E-state index in [0.29, 0.717) is 19.7 Å². The molecule has 0 spiro atoms. The van der Waals surface area contributed by atoms with Crippen LogP contribution >= 0.6 is 0 Å². The van der Waals surface area contributed by atoms with Gasteiger partial charge < -0.3 is 24.0 Å². The van der Waals surface area contributed by atoms with Gasteiger partial charge in [-0.3, -0.25) is 4.79 Å². The Morgan fingerprint density at radius 2 is 2.07 bits per heavy atom. The highest BCUT2D eigenvalue weighted by molar-refractivity contribution is 5.78. The third kappa shape index (κ3) is 4.93. The van der Waals surface area contributed by atoms with E-state index >= 15 is 0 Å². The van der Waals surface area contributed by atoms with Crippen LogP contribution in [0.2, 0.25) is 0 Å². The van der Waals surface area contributed by atoms with Crippen molar-refractivity contribution in [3.8, 4) is 5.75 Å². The Kier molecular flexibility index (Phi) is 6.60. The van der Waals surface area contributed by atoms with Crippen LogP contribution in [0.15, 0.2) is 24.3 Å². The van der Waals surface area contributed by atoms with Crippen molar-refractivity contribution in [2.75, 3.05) is 51.5 Å². The predicted octanol–water partition coefficient (Wildman–Crippen LogP) is 2.71. The number of carbonyl (C=O) groups is 1. The summed E-state index contributed by atoms with van der Waals surface area (Å²) in [5.41, 5.74) is 0.887. The lowest BCUT2D eigenvalue weighted by Crippen LogP contribution is -2.61. The van der Waals surface area contributed by atoms with Gasteiger partial charge in [0, 0.05) is 26.2 Å². The van der Waals surface area contributed by atoms with Gasteiger partial charge in [0.25, 0.3) is 0 Å². The number of nitrogens with zero attached hydrogens (tertiary/aromatic N) is 2. The van der Waals surface area contributed by atoms with E-state index in [0.717, 1.165) is 37.4 Å². The average molecular weight is 376 g/mol. The molecule has 2 fully saturated rings. The molecule has 0 aliphatic carbocycles. The molecule has 2 aliphatic heterocycles. The van der Waals surface area contributed by atoms with Crippen LogP contribution in [0.4, 0.5) is 5.69 Å². The summed E-state index contributed by atoms with van der Waals surface area (Å²) in [5.74, 6) is 0.916. The molecule has 3 rings (SSSR count). The van der Waals surface area contributed by atoms with Gasteiger partial charge in [-0.2, -0.15) is 0 Å². The lowest BCUT2D eigenvalue weighted by molar-refractivity contribution is -0.139. The van der Waals surface area contributed by atoms with Gasteiger partial charge in [-0.25, -0.2) is 0 Å². The maximum absolute atomic E-state index is 12.6. The van der Waals surface area contributed by atoms with E-state index in [4.69, 9.17) is 14.2 Å². The molecule has 2 aliphatic rings. The van der Waals surface area contributed by atoms with Crippen LogP contribution in [0.1, 0.15) is 33.1 Å². The minimum absolute atomic E-state index is 0.0542. The van der Waals surface area contributed by atoms with E-state index in [2.05, 4.69) is 24.8 Å². The van der Waals surface area contributed by atoms with E-state index in [9.17, 15) is 4.79 Å². The summed E-state index contributed by atoms with van der Waals surface area (Å²) >= 11 is 0. The molecule has 2 heterocycles. The van der Waals surface area contributed by atoms with E-state index in [1.807, 2.05) is 23.1 Å². The largest absolute Gasteiger partial charge is 0.495 e. The van der Waals surface area contributed by atoms with Crippen molar-refractivity contribution in [2.45, 2.75) is 44.8 Å². The molecule has 0 radical (unpaired) electrons. The predicted molar refractivity (Wildman–Crippen MR) is 105 cm³/mol. The SMILES string of the molecule is COc1ccccc1N1CCN(C(=O)COC[C@H]2CCCCO2)CC1(C)C. The highest BCUT2D eigenvalue weighted by Gasteiger charge is 2.36. The number of methoxy groups -OCH3 is 1. The first-order chi connectivity index (χ1) is 13.0. The molecule has 6 nitrogen and oxygen atoms in total. The fourth-order valence-corrected chi connectivity index (χ4v) is 3.97. The van der Waals surface area contributed by atoms with Crippen LogP contribution in [0.5, 0.6) is 5.75 Å². The summed E-state index contributed by atoms with van der Waals surface area (Å²) < 4.78 is 16.8. The number of hydrogen-bond donors (Lipinski definition) is 0. The molecular formula is C21H32N2O4. The molecule has 1 amide bonds. The normalized spacial score (nSPS) is 22.6. The first-order valence-corrected chi connectivity index (χ1v) is 9.89. The van der Waals surface area contributed by atoms with Gasteiger partial charge in [0.15, 0.2) is 0 Å². The number of amides is 1. The molecule has 2 saturated heterocycles. The number of anilines is 1. The van der Waals surface area contributed by atoms with Crippen molar-refractivity contribution >= 4 is 11.6 Å². The summed E-state index contributed by atoms with van der Waals surface area (Å²) in [7, 11) is 1.69. The van der Waals surface area contributed by atoms with Crippen molar-refractivity contribution in [3.05, 3.63) is 24.3 Å². The molecule has 150 valence electrons. The lowest BCUT2D eigenvalue weighted by atomic mass is 9.97. The summed E-state index contributed by atoms with van der Waals surface area (Å²) in [4.78, 5) is 16.8. The number of piperazine rings is 1. The second kappa shape index (κ2) is 8.93. The van der Waals surface area contributed by atoms with Crippen molar-refractivity contribution < 1.29 is 19.0 Å². The Morgan fingerprint density at radius 3 is 2.78 bits per heavy atom. The number of carbonyl (C=O) groups excluding carboxylic acids is 1. The molecule has 0 bridgehead atoms. The standard InChI is InChI=1S/C21H32N2O4/c1-21(2)16-22(20(24)15-26-14-17-8-6-7-13-27-17)11-12-23(21)18-9-4-5-10-19(18)25-3/h4-5,9-10,17H,6-8,11-16H2,1-3H3/t17-/m1/s1. The van der Waals surface area contributed by atoms with Crippen molar-refractivity contribution in [1.82, 2.24) is 4.90 Å². The van der Waals surface area contributed by atoms with E-state index in [1.54, 1.807) is 7.11 Å². The van der Waals surface area contributed by atoms with Crippen LogP contribution < -0.4 is 9.64 Å². The number of ether oxygens (including phenoxy) is 3. The highest BCUT2D eigenvalue weighted by atomic mass is 16.5. The Bertz CT molecular complexity index is 628. The molecular weight excluding hydrogens is 344 g/mol. The van der Waals surface area contributed by atoms with Gasteiger partial charge in [0.05, 0.1) is 31.0 Å². The van der Waals surface area contributed by atoms with E-state index in [-0.39, 0.29) is 24.2 Å². The third-order valence-corrected chi connectivity index (χ3v) is 5.43. The quantitative estimate of drug-likeness (QED) is 0.764. The minimum Gasteiger partial charge on any atom is -0.495 e. The van der Waals surface area contributed by atoms with Gasteiger partial charge in [-0.15, -0.1) is 0 Å². The van der Waals surface area contributed by atoms with Crippen LogP contribution in [0.3, 0.4) is 0 Å². The summed E-state index contributed by atoms with van der Waals surface area (Å²) in [6, 6.07) is 8.05. The van der Waals surface area contributed by atoms with Crippen molar-refractivity contribution in [3.63, 3.8) is 0 Å². The number of rotatable bonds is 6. The van der Waals surface area contributed by atoms with Crippen LogP contribution in [0, 0.1) is 0 Å². The van der Waals surface area contributed by atoms with Crippen LogP contribution in [-0.4, -0.2) is 69.0 Å². The zero-order chi connectivity index (χ0) is 19.3. The topological polar surface area (TPSA) is 51.2 Å². The third-order valence-electron chi connectivity index (χ3n) is 5.43. The van der Waals surface area contributed by atoms with Crippen LogP contribution in [-0.2, 0) is 14.3 Å². The Hall–Kier alpha value is -1.79. The molecule has 0 unspecified atom stereocenters. The zero-order valence-electron chi connectivity index (χ0n) is 16.8. The number of benzene rings is 1. The van der Waals surface area contributed by atoms with Gasteiger partial charge in [-0.05, 0) is 45.2 Å². The van der Waals surface area contributed by atoms with Crippen molar-refractivity contribution in [1.29, 1.82) is 0 Å². The molecule has 27 heavy (non-hydrogen) atoms. The fraction of sp³-hybridized carbons (Fsp3) is 0.667. The summed E-state index contributed by atoms with van der Waals surface area (Å²) in [6.07, 6.45) is 3.48. The molecule has 1 aromatic rings. The number of hydrogen-bond acceptors (Lipinski definition) is 5. The Balaban J connectivity index is 1.54. The molecule has 1 aromatic carbocycles. The first-order valence-electron chi connectivity index (χ1n) is 9.89. The van der Waals surface area contributed by atoms with Gasteiger partial charge in [0.2, 0.25) is 5.91 Å². The monoisotopic (exact) mass is 376 g/mol. The zero-order valence-corrected chi connectivity index (χ0v) is 16.8. The summed E-state index contributed by atoms with van der Waals surface area (Å²) in [6.45, 7) is 7.88. The van der Waals surface area contributed by atoms with Gasteiger partial charge in [-0.1, -0.05) is 12.1 Å². The van der Waals surface area contributed by atoms with Gasteiger partial charge in [0.1, 0.15) is 12.4 Å². The van der Waals surface area contributed by atoms with Crippen molar-refractivity contribution in [2.24, 2.45) is 0 Å². The molecule has 0 N–H and O–H groups in total. The average Bonchev–Trinajstić information content (AvgIpc) is 2.68. The molecule has 0 aromatic heterocycles. The highest BCUT2D eigenvalue weighted by Crippen LogP contribution is 2.34. The number of para-hydroxylation sites is 2. The van der Waals surface area contributed by atoms with Gasteiger partial charge >= 0.3 is 0 Å². The maximum Gasteiger partial charge on any atom is 0.248 e. The Morgan fingerprint density at radius 1 is 1.26 bits per heavy atom. The maximum atomic E-state index is 12.6. The molecule has 6 heteroatoms. The summed E-state index contributed by atoms with van der Waals surface area (Å²) in [5, 5.41) is 0. The van der Waals surface area contributed by atoms with E-state index in [1.165, 1.54) is 6.42 Å². The first kappa shape index (κ1) is 20.0. The fourth-order valence-electron chi connectivity index (χ4n) is 3.97. The van der Waals surface area contributed by atoms with E-state index < -0.39 is 0 Å². The Labute approximate surface area is 162 Å². The lowest BCUT2D eigenvalue weighted by Gasteiger charge is -2.48. The van der Waals surface area contributed by atoms with Crippen LogP contribution in [0.25, 0.3) is 0 Å². The second-order valence-corrected chi connectivity index (χ2v) is 7.95. The molecule has 1 atom stereocenters. The minimum atomic E-state index is -0.185. The molecule has 0 saturated carbocycles. The second-order valence-electron chi connectivity index (χ2n) is 7.95.